The zero-order chi connectivity index (χ0) is 21.0. The van der Waals surface area contributed by atoms with E-state index in [1.54, 1.807) is 23.5 Å². The van der Waals surface area contributed by atoms with Crippen LogP contribution in [-0.4, -0.2) is 51.2 Å². The van der Waals surface area contributed by atoms with Crippen molar-refractivity contribution >= 4 is 11.3 Å². The minimum absolute atomic E-state index is 0.282. The average molecular weight is 436 g/mol. The molecule has 0 aliphatic carbocycles. The molecule has 1 aliphatic rings. The largest absolute Gasteiger partial charge is 0.419 e. The van der Waals surface area contributed by atoms with Crippen LogP contribution in [-0.2, 0) is 13.1 Å². The number of halogens is 1. The lowest BCUT2D eigenvalue weighted by Gasteiger charge is -2.33. The van der Waals surface area contributed by atoms with Gasteiger partial charge in [-0.2, -0.15) is 0 Å². The van der Waals surface area contributed by atoms with Crippen molar-refractivity contribution in [2.24, 2.45) is 0 Å². The summed E-state index contributed by atoms with van der Waals surface area (Å²) in [6.45, 7) is 5.30. The van der Waals surface area contributed by atoms with Gasteiger partial charge in [-0.15, -0.1) is 21.5 Å². The Morgan fingerprint density at radius 2 is 1.55 bits per heavy atom. The monoisotopic (exact) mass is 435 g/mol. The van der Waals surface area contributed by atoms with Gasteiger partial charge in [0, 0.05) is 49.2 Å². The van der Waals surface area contributed by atoms with E-state index in [2.05, 4.69) is 37.5 Å². The van der Waals surface area contributed by atoms with Crippen molar-refractivity contribution in [3.63, 3.8) is 0 Å². The molecule has 4 aromatic rings. The Labute approximate surface area is 184 Å². The van der Waals surface area contributed by atoms with Crippen LogP contribution in [0.25, 0.3) is 22.0 Å². The summed E-state index contributed by atoms with van der Waals surface area (Å²) < 4.78 is 18.9. The molecule has 1 fully saturated rings. The first-order chi connectivity index (χ1) is 15.2. The summed E-state index contributed by atoms with van der Waals surface area (Å²) in [4.78, 5) is 9.55. The maximum Gasteiger partial charge on any atom is 0.247 e. The van der Waals surface area contributed by atoms with Gasteiger partial charge in [-0.05, 0) is 24.3 Å². The van der Waals surface area contributed by atoms with Crippen LogP contribution in [0.2, 0.25) is 0 Å². The molecule has 8 heteroatoms. The number of hydrogen-bond donors (Lipinski definition) is 0. The Hall–Kier alpha value is -2.94. The molecule has 0 bridgehead atoms. The molecule has 0 saturated carbocycles. The predicted octanol–water partition coefficient (Wildman–Crippen LogP) is 4.32. The van der Waals surface area contributed by atoms with Crippen LogP contribution in [0.3, 0.4) is 0 Å². The van der Waals surface area contributed by atoms with Crippen molar-refractivity contribution < 1.29 is 8.81 Å². The summed E-state index contributed by atoms with van der Waals surface area (Å²) in [7, 11) is 0. The normalized spacial score (nSPS) is 15.4. The lowest BCUT2D eigenvalue weighted by Crippen LogP contribution is -2.45. The molecule has 0 unspecified atom stereocenters. The fourth-order valence-electron chi connectivity index (χ4n) is 3.65. The van der Waals surface area contributed by atoms with E-state index >= 15 is 0 Å². The molecule has 1 aliphatic heterocycles. The van der Waals surface area contributed by atoms with Crippen molar-refractivity contribution in [3.8, 4) is 22.0 Å². The molecule has 6 nitrogen and oxygen atoms in total. The first-order valence-electron chi connectivity index (χ1n) is 10.3. The first kappa shape index (κ1) is 20.0. The van der Waals surface area contributed by atoms with E-state index in [0.29, 0.717) is 18.3 Å². The Morgan fingerprint density at radius 1 is 0.839 bits per heavy atom. The molecule has 0 N–H and O–H groups in total. The fraction of sp³-hybridized carbons (Fsp3) is 0.261. The predicted molar refractivity (Wildman–Crippen MR) is 118 cm³/mol. The molecule has 0 spiro atoms. The zero-order valence-corrected chi connectivity index (χ0v) is 17.8. The summed E-state index contributed by atoms with van der Waals surface area (Å²) in [5.41, 5.74) is 3.02. The highest BCUT2D eigenvalue weighted by Gasteiger charge is 2.20. The van der Waals surface area contributed by atoms with Crippen molar-refractivity contribution in [1.82, 2.24) is 25.0 Å². The van der Waals surface area contributed by atoms with Crippen LogP contribution in [0, 0.1) is 5.82 Å². The molecule has 5 rings (SSSR count). The van der Waals surface area contributed by atoms with Gasteiger partial charge in [0.1, 0.15) is 10.8 Å². The van der Waals surface area contributed by atoms with Gasteiger partial charge in [-0.3, -0.25) is 9.80 Å². The van der Waals surface area contributed by atoms with Gasteiger partial charge >= 0.3 is 0 Å². The topological polar surface area (TPSA) is 58.3 Å². The maximum atomic E-state index is 13.1. The third-order valence-corrected chi connectivity index (χ3v) is 6.28. The second-order valence-corrected chi connectivity index (χ2v) is 8.43. The molecule has 2 aromatic carbocycles. The third-order valence-electron chi connectivity index (χ3n) is 5.34. The summed E-state index contributed by atoms with van der Waals surface area (Å²) in [5.74, 6) is 0.724. The molecule has 0 radical (unpaired) electrons. The Bertz CT molecular complexity index is 1120. The standard InChI is InChI=1S/C23H22FN5OS/c24-19-8-6-17(7-9-19)22-27-26-21(30-22)15-29-12-10-28(11-13-29)14-20-16-31-23(25-20)18-4-2-1-3-5-18/h1-9,16H,10-15H2. The second kappa shape index (κ2) is 9.05. The van der Waals surface area contributed by atoms with Crippen LogP contribution >= 0.6 is 11.3 Å². The van der Waals surface area contributed by atoms with E-state index in [9.17, 15) is 4.39 Å². The van der Waals surface area contributed by atoms with E-state index in [1.165, 1.54) is 17.7 Å². The maximum absolute atomic E-state index is 13.1. The number of benzene rings is 2. The molecule has 158 valence electrons. The minimum atomic E-state index is -0.282. The molecular weight excluding hydrogens is 413 g/mol. The number of piperazine rings is 1. The quantitative estimate of drug-likeness (QED) is 0.450. The zero-order valence-electron chi connectivity index (χ0n) is 16.9. The minimum Gasteiger partial charge on any atom is -0.419 e. The first-order valence-corrected chi connectivity index (χ1v) is 11.1. The Morgan fingerprint density at radius 3 is 2.29 bits per heavy atom. The molecule has 31 heavy (non-hydrogen) atoms. The van der Waals surface area contributed by atoms with E-state index in [4.69, 9.17) is 9.40 Å². The van der Waals surface area contributed by atoms with Gasteiger partial charge in [0.25, 0.3) is 0 Å². The number of nitrogens with zero attached hydrogens (tertiary/aromatic N) is 5. The van der Waals surface area contributed by atoms with E-state index < -0.39 is 0 Å². The van der Waals surface area contributed by atoms with Crippen LogP contribution in [0.15, 0.2) is 64.4 Å². The SMILES string of the molecule is Fc1ccc(-c2nnc(CN3CCN(Cc4csc(-c5ccccc5)n4)CC3)o2)cc1. The summed E-state index contributed by atoms with van der Waals surface area (Å²) >= 11 is 1.70. The van der Waals surface area contributed by atoms with E-state index in [-0.39, 0.29) is 5.82 Å². The fourth-order valence-corrected chi connectivity index (χ4v) is 4.46. The third kappa shape index (κ3) is 4.87. The number of rotatable bonds is 6. The van der Waals surface area contributed by atoms with Crippen LogP contribution in [0.5, 0.6) is 0 Å². The van der Waals surface area contributed by atoms with Crippen molar-refractivity contribution in [1.29, 1.82) is 0 Å². The number of aromatic nitrogens is 3. The second-order valence-electron chi connectivity index (χ2n) is 7.57. The van der Waals surface area contributed by atoms with Crippen LogP contribution < -0.4 is 0 Å². The number of hydrogen-bond acceptors (Lipinski definition) is 7. The Kier molecular flexibility index (Phi) is 5.84. The lowest BCUT2D eigenvalue weighted by atomic mass is 10.2. The molecule has 3 heterocycles. The van der Waals surface area contributed by atoms with E-state index in [1.807, 2.05) is 18.2 Å². The summed E-state index contributed by atoms with van der Waals surface area (Å²) in [5, 5.41) is 11.5. The Balaban J connectivity index is 1.13. The van der Waals surface area contributed by atoms with Gasteiger partial charge in [-0.25, -0.2) is 9.37 Å². The summed E-state index contributed by atoms with van der Waals surface area (Å²) in [6.07, 6.45) is 0. The van der Waals surface area contributed by atoms with Crippen molar-refractivity contribution in [2.75, 3.05) is 26.2 Å². The average Bonchev–Trinajstić information content (AvgIpc) is 3.46. The highest BCUT2D eigenvalue weighted by atomic mass is 32.1. The molecule has 0 amide bonds. The molecule has 2 aromatic heterocycles. The van der Waals surface area contributed by atoms with Gasteiger partial charge < -0.3 is 4.42 Å². The van der Waals surface area contributed by atoms with Gasteiger partial charge in [-0.1, -0.05) is 30.3 Å². The van der Waals surface area contributed by atoms with E-state index in [0.717, 1.165) is 49.0 Å². The van der Waals surface area contributed by atoms with Crippen LogP contribution in [0.4, 0.5) is 4.39 Å². The molecule has 1 saturated heterocycles. The highest BCUT2D eigenvalue weighted by molar-refractivity contribution is 7.13. The molecular formula is C23H22FN5OS. The van der Waals surface area contributed by atoms with Crippen molar-refractivity contribution in [2.45, 2.75) is 13.1 Å². The highest BCUT2D eigenvalue weighted by Crippen LogP contribution is 2.24. The number of thiazole rings is 1. The lowest BCUT2D eigenvalue weighted by molar-refractivity contribution is 0.114. The van der Waals surface area contributed by atoms with Gasteiger partial charge in [0.2, 0.25) is 11.8 Å². The molecule has 0 atom stereocenters. The summed E-state index contributed by atoms with van der Waals surface area (Å²) in [6, 6.07) is 16.4. The smallest absolute Gasteiger partial charge is 0.247 e. The van der Waals surface area contributed by atoms with Gasteiger partial charge in [0.05, 0.1) is 12.2 Å². The van der Waals surface area contributed by atoms with Crippen molar-refractivity contribution in [3.05, 3.63) is 77.4 Å². The van der Waals surface area contributed by atoms with Gasteiger partial charge in [0.15, 0.2) is 0 Å². The van der Waals surface area contributed by atoms with Crippen LogP contribution in [0.1, 0.15) is 11.6 Å².